The van der Waals surface area contributed by atoms with Gasteiger partial charge in [-0.1, -0.05) is 35.8 Å². The standard InChI is InChI=1S/C13H14BrClN2/c1-9(2)13-5-6-17(16-13)11-4-3-10(8-15)12(14)7-11/h3-7,9H,8H2,1-2H3. The van der Waals surface area contributed by atoms with Gasteiger partial charge in [0, 0.05) is 16.5 Å². The Balaban J connectivity index is 2.36. The Labute approximate surface area is 115 Å². The molecule has 90 valence electrons. The fraction of sp³-hybridized carbons (Fsp3) is 0.308. The van der Waals surface area contributed by atoms with Crippen molar-refractivity contribution in [3.05, 3.63) is 46.2 Å². The summed E-state index contributed by atoms with van der Waals surface area (Å²) in [5, 5.41) is 4.54. The Morgan fingerprint density at radius 2 is 2.12 bits per heavy atom. The molecule has 4 heteroatoms. The molecule has 0 aliphatic carbocycles. The number of rotatable bonds is 3. The van der Waals surface area contributed by atoms with Crippen LogP contribution in [0, 0.1) is 0 Å². The van der Waals surface area contributed by atoms with E-state index in [9.17, 15) is 0 Å². The topological polar surface area (TPSA) is 17.8 Å². The highest BCUT2D eigenvalue weighted by Gasteiger charge is 2.06. The van der Waals surface area contributed by atoms with E-state index in [0.29, 0.717) is 11.8 Å². The quantitative estimate of drug-likeness (QED) is 0.763. The van der Waals surface area contributed by atoms with Crippen LogP contribution in [0.25, 0.3) is 5.69 Å². The second-order valence-electron chi connectivity index (χ2n) is 4.25. The van der Waals surface area contributed by atoms with Crippen LogP contribution < -0.4 is 0 Å². The van der Waals surface area contributed by atoms with Gasteiger partial charge < -0.3 is 0 Å². The van der Waals surface area contributed by atoms with Gasteiger partial charge in [0.2, 0.25) is 0 Å². The van der Waals surface area contributed by atoms with Gasteiger partial charge in [0.25, 0.3) is 0 Å². The van der Waals surface area contributed by atoms with E-state index in [1.54, 1.807) is 0 Å². The van der Waals surface area contributed by atoms with E-state index >= 15 is 0 Å². The van der Waals surface area contributed by atoms with Gasteiger partial charge in [-0.2, -0.15) is 5.10 Å². The molecule has 0 aliphatic heterocycles. The third-order valence-corrected chi connectivity index (χ3v) is 3.67. The van der Waals surface area contributed by atoms with Crippen molar-refractivity contribution in [3.8, 4) is 5.69 Å². The molecule has 0 fully saturated rings. The first-order valence-electron chi connectivity index (χ1n) is 5.52. The van der Waals surface area contributed by atoms with Crippen LogP contribution in [0.3, 0.4) is 0 Å². The molecular formula is C13H14BrClN2. The summed E-state index contributed by atoms with van der Waals surface area (Å²) in [6.07, 6.45) is 1.98. The van der Waals surface area contributed by atoms with Gasteiger partial charge in [0.15, 0.2) is 0 Å². The summed E-state index contributed by atoms with van der Waals surface area (Å²) in [6.45, 7) is 4.28. The van der Waals surface area contributed by atoms with Crippen molar-refractivity contribution in [2.24, 2.45) is 0 Å². The molecule has 0 spiro atoms. The average Bonchev–Trinajstić information content (AvgIpc) is 2.78. The highest BCUT2D eigenvalue weighted by Crippen LogP contribution is 2.22. The maximum atomic E-state index is 5.82. The van der Waals surface area contributed by atoms with E-state index in [1.807, 2.05) is 35.1 Å². The van der Waals surface area contributed by atoms with Gasteiger partial charge in [-0.25, -0.2) is 4.68 Å². The molecule has 0 unspecified atom stereocenters. The smallest absolute Gasteiger partial charge is 0.0657 e. The zero-order valence-electron chi connectivity index (χ0n) is 9.82. The molecular weight excluding hydrogens is 300 g/mol. The highest BCUT2D eigenvalue weighted by atomic mass is 79.9. The van der Waals surface area contributed by atoms with Gasteiger partial charge in [-0.15, -0.1) is 11.6 Å². The largest absolute Gasteiger partial charge is 0.241 e. The number of aromatic nitrogens is 2. The van der Waals surface area contributed by atoms with Crippen molar-refractivity contribution in [3.63, 3.8) is 0 Å². The van der Waals surface area contributed by atoms with Crippen molar-refractivity contribution >= 4 is 27.5 Å². The summed E-state index contributed by atoms with van der Waals surface area (Å²) >= 11 is 9.34. The van der Waals surface area contributed by atoms with E-state index in [0.717, 1.165) is 21.4 Å². The normalized spacial score (nSPS) is 11.1. The summed E-state index contributed by atoms with van der Waals surface area (Å²) in [6, 6.07) is 8.13. The van der Waals surface area contributed by atoms with Crippen molar-refractivity contribution in [2.45, 2.75) is 25.6 Å². The van der Waals surface area contributed by atoms with Gasteiger partial charge in [0.1, 0.15) is 0 Å². The van der Waals surface area contributed by atoms with Crippen LogP contribution in [0.4, 0.5) is 0 Å². The predicted octanol–water partition coefficient (Wildman–Crippen LogP) is 4.50. The van der Waals surface area contributed by atoms with Crippen LogP contribution >= 0.6 is 27.5 Å². The summed E-state index contributed by atoms with van der Waals surface area (Å²) in [5.74, 6) is 0.957. The Bertz CT molecular complexity index is 520. The lowest BCUT2D eigenvalue weighted by atomic mass is 10.1. The Morgan fingerprint density at radius 1 is 1.35 bits per heavy atom. The number of hydrogen-bond donors (Lipinski definition) is 0. The van der Waals surface area contributed by atoms with Crippen molar-refractivity contribution in [2.75, 3.05) is 0 Å². The monoisotopic (exact) mass is 312 g/mol. The lowest BCUT2D eigenvalue weighted by Crippen LogP contribution is -1.97. The minimum atomic E-state index is 0.446. The summed E-state index contributed by atoms with van der Waals surface area (Å²) in [5.41, 5.74) is 3.23. The van der Waals surface area contributed by atoms with Crippen LogP contribution in [-0.2, 0) is 5.88 Å². The third kappa shape index (κ3) is 2.72. The maximum Gasteiger partial charge on any atom is 0.0657 e. The minimum absolute atomic E-state index is 0.446. The zero-order chi connectivity index (χ0) is 12.4. The summed E-state index contributed by atoms with van der Waals surface area (Å²) in [4.78, 5) is 0. The molecule has 1 aromatic carbocycles. The fourth-order valence-corrected chi connectivity index (χ4v) is 2.48. The number of alkyl halides is 1. The number of nitrogens with zero attached hydrogens (tertiary/aromatic N) is 2. The molecule has 0 saturated carbocycles. The van der Waals surface area contributed by atoms with E-state index in [-0.39, 0.29) is 0 Å². The second kappa shape index (κ2) is 5.23. The van der Waals surface area contributed by atoms with Crippen molar-refractivity contribution in [1.82, 2.24) is 9.78 Å². The van der Waals surface area contributed by atoms with Gasteiger partial charge in [-0.05, 0) is 29.7 Å². The first-order valence-corrected chi connectivity index (χ1v) is 6.85. The summed E-state index contributed by atoms with van der Waals surface area (Å²) < 4.78 is 2.91. The SMILES string of the molecule is CC(C)c1ccn(-c2ccc(CCl)c(Br)c2)n1. The number of hydrogen-bond acceptors (Lipinski definition) is 1. The molecule has 1 heterocycles. The molecule has 17 heavy (non-hydrogen) atoms. The second-order valence-corrected chi connectivity index (χ2v) is 5.37. The van der Waals surface area contributed by atoms with Crippen molar-refractivity contribution in [1.29, 1.82) is 0 Å². The number of halogens is 2. The van der Waals surface area contributed by atoms with E-state index < -0.39 is 0 Å². The highest BCUT2D eigenvalue weighted by molar-refractivity contribution is 9.10. The molecule has 2 rings (SSSR count). The molecule has 0 atom stereocenters. The van der Waals surface area contributed by atoms with Gasteiger partial charge >= 0.3 is 0 Å². The molecule has 0 amide bonds. The average molecular weight is 314 g/mol. The lowest BCUT2D eigenvalue weighted by molar-refractivity contribution is 0.768. The van der Waals surface area contributed by atoms with E-state index in [1.165, 1.54) is 0 Å². The minimum Gasteiger partial charge on any atom is -0.241 e. The number of benzene rings is 1. The van der Waals surface area contributed by atoms with Crippen LogP contribution in [0.15, 0.2) is 34.9 Å². The first kappa shape index (κ1) is 12.7. The summed E-state index contributed by atoms with van der Waals surface area (Å²) in [7, 11) is 0. The van der Waals surface area contributed by atoms with Crippen LogP contribution in [-0.4, -0.2) is 9.78 Å². The Kier molecular flexibility index (Phi) is 3.89. The van der Waals surface area contributed by atoms with Crippen LogP contribution in [0.5, 0.6) is 0 Å². The van der Waals surface area contributed by atoms with Gasteiger partial charge in [0.05, 0.1) is 11.4 Å². The molecule has 0 bridgehead atoms. The molecule has 2 nitrogen and oxygen atoms in total. The molecule has 1 aromatic heterocycles. The molecule has 0 radical (unpaired) electrons. The Morgan fingerprint density at radius 3 is 2.65 bits per heavy atom. The van der Waals surface area contributed by atoms with Crippen LogP contribution in [0.2, 0.25) is 0 Å². The van der Waals surface area contributed by atoms with Gasteiger partial charge in [-0.3, -0.25) is 0 Å². The fourth-order valence-electron chi connectivity index (χ4n) is 1.58. The van der Waals surface area contributed by atoms with Crippen molar-refractivity contribution < 1.29 is 0 Å². The molecule has 0 aliphatic rings. The van der Waals surface area contributed by atoms with E-state index in [2.05, 4.69) is 34.9 Å². The first-order chi connectivity index (χ1) is 8.11. The van der Waals surface area contributed by atoms with E-state index in [4.69, 9.17) is 11.6 Å². The maximum absolute atomic E-state index is 5.82. The molecule has 0 saturated heterocycles. The predicted molar refractivity (Wildman–Crippen MR) is 74.9 cm³/mol. The lowest BCUT2D eigenvalue weighted by Gasteiger charge is -2.05. The van der Waals surface area contributed by atoms with Crippen LogP contribution in [0.1, 0.15) is 31.0 Å². The third-order valence-electron chi connectivity index (χ3n) is 2.65. The molecule has 2 aromatic rings. The Hall–Kier alpha value is -0.800. The molecule has 0 N–H and O–H groups in total. The zero-order valence-corrected chi connectivity index (χ0v) is 12.2.